The summed E-state index contributed by atoms with van der Waals surface area (Å²) in [6.45, 7) is 13.5. The molecule has 0 saturated carbocycles. The van der Waals surface area contributed by atoms with Gasteiger partial charge in [0, 0.05) is 23.3 Å². The summed E-state index contributed by atoms with van der Waals surface area (Å²) >= 11 is 0. The largest absolute Gasteiger partial charge is 0.475 e. The summed E-state index contributed by atoms with van der Waals surface area (Å²) in [7, 11) is 0. The van der Waals surface area contributed by atoms with E-state index in [4.69, 9.17) is 13.7 Å². The summed E-state index contributed by atoms with van der Waals surface area (Å²) < 4.78 is 17.1. The number of hydrogen-bond acceptors (Lipinski definition) is 6. The lowest BCUT2D eigenvalue weighted by Crippen LogP contribution is -2.29. The van der Waals surface area contributed by atoms with Crippen LogP contribution < -0.4 is 0 Å². The predicted molar refractivity (Wildman–Crippen MR) is 104 cm³/mol. The van der Waals surface area contributed by atoms with Crippen LogP contribution in [-0.2, 0) is 23.0 Å². The van der Waals surface area contributed by atoms with Gasteiger partial charge in [0.15, 0.2) is 11.8 Å². The second kappa shape index (κ2) is 7.49. The number of aliphatic imine (C=N–C) groups is 1. The van der Waals surface area contributed by atoms with Crippen LogP contribution in [-0.4, -0.2) is 28.7 Å². The minimum absolute atomic E-state index is 0.0884. The predicted octanol–water partition coefficient (Wildman–Crippen LogP) is 4.60. The summed E-state index contributed by atoms with van der Waals surface area (Å²) in [5.74, 6) is 2.91. The maximum atomic E-state index is 6.21. The minimum Gasteiger partial charge on any atom is -0.475 e. The van der Waals surface area contributed by atoms with Crippen LogP contribution in [0.5, 0.6) is 0 Å². The van der Waals surface area contributed by atoms with Crippen LogP contribution in [0.15, 0.2) is 32.5 Å². The Morgan fingerprint density at radius 2 is 2.00 bits per heavy atom. The van der Waals surface area contributed by atoms with E-state index in [1.165, 1.54) is 0 Å². The lowest BCUT2D eigenvalue weighted by molar-refractivity contribution is 0.166. The van der Waals surface area contributed by atoms with E-state index in [0.29, 0.717) is 12.5 Å². The number of ether oxygens (including phenoxy) is 1. The van der Waals surface area contributed by atoms with Gasteiger partial charge in [-0.1, -0.05) is 46.7 Å². The highest BCUT2D eigenvalue weighted by Crippen LogP contribution is 2.31. The smallest absolute Gasteiger partial charge is 0.199 e. The van der Waals surface area contributed by atoms with Crippen LogP contribution in [0, 0.1) is 11.3 Å². The second-order valence-electron chi connectivity index (χ2n) is 9.36. The van der Waals surface area contributed by atoms with Crippen LogP contribution in [0.3, 0.4) is 0 Å². The lowest BCUT2D eigenvalue weighted by Gasteiger charge is -2.25. The average Bonchev–Trinajstić information content (AvgIpc) is 3.27. The minimum atomic E-state index is -0.223. The molecule has 2 aromatic heterocycles. The number of oxazole rings is 1. The molecule has 2 atom stereocenters. The van der Waals surface area contributed by atoms with E-state index < -0.39 is 0 Å². The van der Waals surface area contributed by atoms with Gasteiger partial charge in [0.05, 0.1) is 18.4 Å². The molecule has 0 aromatic carbocycles. The van der Waals surface area contributed by atoms with Crippen molar-refractivity contribution >= 4 is 5.90 Å². The standard InChI is InChI=1S/C21H31N3O3/c1-14(9-15-7-8-25-24-15)10-16-12-23-19(26-16)21(5,6)11-17-13-22-18(27-17)20(2,3)4/h7-8,13-14,16H,9-12H2,1-6H3. The molecule has 0 N–H and O–H groups in total. The van der Waals surface area contributed by atoms with E-state index in [-0.39, 0.29) is 16.9 Å². The summed E-state index contributed by atoms with van der Waals surface area (Å²) in [4.78, 5) is 9.12. The van der Waals surface area contributed by atoms with Gasteiger partial charge in [-0.3, -0.25) is 4.99 Å². The van der Waals surface area contributed by atoms with E-state index in [2.05, 4.69) is 56.7 Å². The van der Waals surface area contributed by atoms with Crippen LogP contribution >= 0.6 is 0 Å². The number of nitrogens with zero attached hydrogens (tertiary/aromatic N) is 3. The molecule has 0 amide bonds. The van der Waals surface area contributed by atoms with Gasteiger partial charge in [-0.2, -0.15) is 0 Å². The zero-order valence-electron chi connectivity index (χ0n) is 17.3. The van der Waals surface area contributed by atoms with Gasteiger partial charge in [-0.15, -0.1) is 0 Å². The molecule has 27 heavy (non-hydrogen) atoms. The van der Waals surface area contributed by atoms with Crippen LogP contribution in [0.25, 0.3) is 0 Å². The van der Waals surface area contributed by atoms with Crippen molar-refractivity contribution in [1.82, 2.24) is 10.1 Å². The topological polar surface area (TPSA) is 73.7 Å². The first kappa shape index (κ1) is 19.6. The van der Waals surface area contributed by atoms with Crippen LogP contribution in [0.2, 0.25) is 0 Å². The molecular formula is C21H31N3O3. The van der Waals surface area contributed by atoms with Gasteiger partial charge in [-0.25, -0.2) is 4.98 Å². The van der Waals surface area contributed by atoms with Crippen LogP contribution in [0.1, 0.15) is 65.3 Å². The highest BCUT2D eigenvalue weighted by Gasteiger charge is 2.35. The first-order valence-corrected chi connectivity index (χ1v) is 9.69. The highest BCUT2D eigenvalue weighted by atomic mass is 16.5. The van der Waals surface area contributed by atoms with E-state index in [0.717, 1.165) is 42.5 Å². The third-order valence-corrected chi connectivity index (χ3v) is 4.82. The maximum Gasteiger partial charge on any atom is 0.199 e. The molecule has 0 spiro atoms. The molecule has 148 valence electrons. The molecule has 6 heteroatoms. The summed E-state index contributed by atoms with van der Waals surface area (Å²) in [5, 5.41) is 3.99. The molecular weight excluding hydrogens is 342 g/mol. The SMILES string of the molecule is CC(Cc1ccon1)CC1CN=C(C(C)(C)Cc2cnc(C(C)(C)C)o2)O1. The molecule has 2 aromatic rings. The highest BCUT2D eigenvalue weighted by molar-refractivity contribution is 5.83. The fourth-order valence-corrected chi connectivity index (χ4v) is 3.39. The molecule has 0 fully saturated rings. The quantitative estimate of drug-likeness (QED) is 0.709. The molecule has 1 aliphatic heterocycles. The summed E-state index contributed by atoms with van der Waals surface area (Å²) in [6.07, 6.45) is 6.13. The second-order valence-corrected chi connectivity index (χ2v) is 9.36. The fourth-order valence-electron chi connectivity index (χ4n) is 3.39. The summed E-state index contributed by atoms with van der Waals surface area (Å²) in [6, 6.07) is 1.92. The Kier molecular flexibility index (Phi) is 5.45. The zero-order valence-corrected chi connectivity index (χ0v) is 17.3. The Labute approximate surface area is 161 Å². The molecule has 6 nitrogen and oxygen atoms in total. The molecule has 0 saturated heterocycles. The van der Waals surface area contributed by atoms with E-state index in [9.17, 15) is 0 Å². The van der Waals surface area contributed by atoms with Crippen molar-refractivity contribution in [3.8, 4) is 0 Å². The van der Waals surface area contributed by atoms with Gasteiger partial charge in [0.25, 0.3) is 0 Å². The van der Waals surface area contributed by atoms with Gasteiger partial charge < -0.3 is 13.7 Å². The normalized spacial score (nSPS) is 19.0. The van der Waals surface area contributed by atoms with Gasteiger partial charge in [0.1, 0.15) is 18.1 Å². The maximum absolute atomic E-state index is 6.21. The number of aromatic nitrogens is 2. The molecule has 0 bridgehead atoms. The summed E-state index contributed by atoms with van der Waals surface area (Å²) in [5.41, 5.74) is 0.676. The van der Waals surface area contributed by atoms with Crippen molar-refractivity contribution < 1.29 is 13.7 Å². The third-order valence-electron chi connectivity index (χ3n) is 4.82. The Morgan fingerprint density at radius 3 is 2.63 bits per heavy atom. The fraction of sp³-hybridized carbons (Fsp3) is 0.667. The van der Waals surface area contributed by atoms with Gasteiger partial charge in [0.2, 0.25) is 0 Å². The first-order valence-electron chi connectivity index (χ1n) is 9.69. The van der Waals surface area contributed by atoms with Crippen LogP contribution in [0.4, 0.5) is 0 Å². The van der Waals surface area contributed by atoms with Crippen molar-refractivity contribution in [3.05, 3.63) is 35.9 Å². The Morgan fingerprint density at radius 1 is 1.22 bits per heavy atom. The van der Waals surface area contributed by atoms with Crippen molar-refractivity contribution in [3.63, 3.8) is 0 Å². The van der Waals surface area contributed by atoms with Gasteiger partial charge >= 0.3 is 0 Å². The molecule has 0 radical (unpaired) electrons. The molecule has 1 aliphatic rings. The Hall–Kier alpha value is -2.11. The third kappa shape index (κ3) is 4.99. The van der Waals surface area contributed by atoms with Crippen molar-refractivity contribution in [2.45, 2.75) is 72.3 Å². The Bertz CT molecular complexity index is 769. The number of rotatable bonds is 7. The number of hydrogen-bond donors (Lipinski definition) is 0. The van der Waals surface area contributed by atoms with Crippen molar-refractivity contribution in [2.75, 3.05) is 6.54 Å². The average molecular weight is 373 g/mol. The molecule has 3 heterocycles. The molecule has 3 rings (SSSR count). The van der Waals surface area contributed by atoms with E-state index in [1.807, 2.05) is 12.3 Å². The molecule has 0 aliphatic carbocycles. The zero-order chi connectivity index (χ0) is 19.7. The van der Waals surface area contributed by atoms with Crippen molar-refractivity contribution in [2.24, 2.45) is 16.3 Å². The van der Waals surface area contributed by atoms with Crippen molar-refractivity contribution in [1.29, 1.82) is 0 Å². The first-order chi connectivity index (χ1) is 12.6. The van der Waals surface area contributed by atoms with Gasteiger partial charge in [-0.05, 0) is 18.8 Å². The monoisotopic (exact) mass is 373 g/mol. The lowest BCUT2D eigenvalue weighted by atomic mass is 9.88. The molecule has 2 unspecified atom stereocenters. The van der Waals surface area contributed by atoms with E-state index >= 15 is 0 Å². The Balaban J connectivity index is 1.54. The van der Waals surface area contributed by atoms with E-state index in [1.54, 1.807) is 6.26 Å².